The number of halogens is 2. The first-order valence-electron chi connectivity index (χ1n) is 5.61. The topological polar surface area (TPSA) is 96.0 Å². The van der Waals surface area contributed by atoms with Crippen LogP contribution in [-0.2, 0) is 10.0 Å². The van der Waals surface area contributed by atoms with Crippen LogP contribution in [0.3, 0.4) is 0 Å². The Bertz CT molecular complexity index is 845. The first-order chi connectivity index (χ1) is 9.83. The van der Waals surface area contributed by atoms with Gasteiger partial charge in [-0.25, -0.2) is 8.42 Å². The third-order valence-corrected chi connectivity index (χ3v) is 4.75. The number of hydrogen-bond acceptors (Lipinski definition) is 4. The standard InChI is InChI=1S/C13H9Cl2N3O2S/c14-10-5-8(7-16)1-3-12(10)18-21(19,20)13-4-2-9(17)6-11(13)15/h1-6,18H,17H2. The Labute approximate surface area is 132 Å². The van der Waals surface area contributed by atoms with E-state index in [0.717, 1.165) is 0 Å². The molecule has 0 aromatic heterocycles. The summed E-state index contributed by atoms with van der Waals surface area (Å²) in [4.78, 5) is -0.112. The molecule has 5 nitrogen and oxygen atoms in total. The van der Waals surface area contributed by atoms with Crippen LogP contribution in [0.15, 0.2) is 41.3 Å². The summed E-state index contributed by atoms with van der Waals surface area (Å²) >= 11 is 11.8. The normalized spacial score (nSPS) is 10.9. The quantitative estimate of drug-likeness (QED) is 0.837. The summed E-state index contributed by atoms with van der Waals surface area (Å²) in [7, 11) is -3.91. The number of nitrogens with one attached hydrogen (secondary N) is 1. The predicted octanol–water partition coefficient (Wildman–Crippen LogP) is 3.25. The summed E-state index contributed by atoms with van der Waals surface area (Å²) in [5.41, 5.74) is 6.37. The van der Waals surface area contributed by atoms with Crippen LogP contribution < -0.4 is 10.5 Å². The zero-order valence-corrected chi connectivity index (χ0v) is 12.8. The average molecular weight is 342 g/mol. The van der Waals surface area contributed by atoms with Crippen molar-refractivity contribution in [2.75, 3.05) is 10.5 Å². The molecule has 0 amide bonds. The average Bonchev–Trinajstić information content (AvgIpc) is 2.40. The number of rotatable bonds is 3. The van der Waals surface area contributed by atoms with E-state index < -0.39 is 10.0 Å². The Morgan fingerprint density at radius 3 is 2.38 bits per heavy atom. The second-order valence-electron chi connectivity index (χ2n) is 4.10. The summed E-state index contributed by atoms with van der Waals surface area (Å²) in [6.45, 7) is 0. The fourth-order valence-corrected chi connectivity index (χ4v) is 3.52. The summed E-state index contributed by atoms with van der Waals surface area (Å²) in [6.07, 6.45) is 0. The van der Waals surface area contributed by atoms with Crippen LogP contribution >= 0.6 is 23.2 Å². The Kier molecular flexibility index (Phi) is 4.28. The van der Waals surface area contributed by atoms with E-state index in [1.54, 1.807) is 0 Å². The predicted molar refractivity (Wildman–Crippen MR) is 82.8 cm³/mol. The van der Waals surface area contributed by atoms with E-state index in [1.807, 2.05) is 6.07 Å². The van der Waals surface area contributed by atoms with Crippen molar-refractivity contribution in [3.8, 4) is 6.07 Å². The van der Waals surface area contributed by atoms with Gasteiger partial charge in [-0.3, -0.25) is 4.72 Å². The van der Waals surface area contributed by atoms with E-state index in [-0.39, 0.29) is 20.6 Å². The molecule has 0 unspecified atom stereocenters. The van der Waals surface area contributed by atoms with Gasteiger partial charge in [0, 0.05) is 5.69 Å². The number of hydrogen-bond donors (Lipinski definition) is 2. The smallest absolute Gasteiger partial charge is 0.263 e. The Balaban J connectivity index is 2.40. The molecule has 0 aliphatic heterocycles. The molecule has 0 bridgehead atoms. The van der Waals surface area contributed by atoms with Crippen molar-refractivity contribution in [1.29, 1.82) is 5.26 Å². The number of sulfonamides is 1. The summed E-state index contributed by atoms with van der Waals surface area (Å²) in [5.74, 6) is 0. The zero-order chi connectivity index (χ0) is 15.6. The highest BCUT2D eigenvalue weighted by atomic mass is 35.5. The molecular formula is C13H9Cl2N3O2S. The van der Waals surface area contributed by atoms with Gasteiger partial charge in [0.1, 0.15) is 4.90 Å². The van der Waals surface area contributed by atoms with E-state index in [9.17, 15) is 8.42 Å². The lowest BCUT2D eigenvalue weighted by Crippen LogP contribution is -2.14. The molecule has 0 spiro atoms. The molecule has 0 saturated heterocycles. The second kappa shape index (κ2) is 5.82. The van der Waals surface area contributed by atoms with Gasteiger partial charge in [0.05, 0.1) is 27.4 Å². The first kappa shape index (κ1) is 15.4. The minimum absolute atomic E-state index is 0.00673. The summed E-state index contributed by atoms with van der Waals surface area (Å²) in [6, 6.07) is 10.2. The lowest BCUT2D eigenvalue weighted by Gasteiger charge is -2.11. The minimum Gasteiger partial charge on any atom is -0.399 e. The minimum atomic E-state index is -3.91. The highest BCUT2D eigenvalue weighted by Gasteiger charge is 2.19. The van der Waals surface area contributed by atoms with Gasteiger partial charge in [0.2, 0.25) is 0 Å². The van der Waals surface area contributed by atoms with Gasteiger partial charge in [-0.05, 0) is 36.4 Å². The number of nitrogens with zero attached hydrogens (tertiary/aromatic N) is 1. The van der Waals surface area contributed by atoms with Crippen molar-refractivity contribution < 1.29 is 8.42 Å². The lowest BCUT2D eigenvalue weighted by molar-refractivity contribution is 0.601. The monoisotopic (exact) mass is 341 g/mol. The van der Waals surface area contributed by atoms with E-state index in [1.165, 1.54) is 36.4 Å². The van der Waals surface area contributed by atoms with Crippen molar-refractivity contribution >= 4 is 44.6 Å². The van der Waals surface area contributed by atoms with Gasteiger partial charge in [0.25, 0.3) is 10.0 Å². The first-order valence-corrected chi connectivity index (χ1v) is 7.85. The Morgan fingerprint density at radius 1 is 1.10 bits per heavy atom. The van der Waals surface area contributed by atoms with Crippen LogP contribution in [0.25, 0.3) is 0 Å². The second-order valence-corrected chi connectivity index (χ2v) is 6.57. The van der Waals surface area contributed by atoms with E-state index >= 15 is 0 Å². The lowest BCUT2D eigenvalue weighted by atomic mass is 10.2. The van der Waals surface area contributed by atoms with Crippen molar-refractivity contribution in [2.45, 2.75) is 4.90 Å². The van der Waals surface area contributed by atoms with Crippen LogP contribution in [0.2, 0.25) is 10.0 Å². The fourth-order valence-electron chi connectivity index (χ4n) is 1.60. The van der Waals surface area contributed by atoms with Gasteiger partial charge in [0.15, 0.2) is 0 Å². The molecule has 0 aliphatic rings. The molecule has 0 fully saturated rings. The van der Waals surface area contributed by atoms with Crippen molar-refractivity contribution in [1.82, 2.24) is 0 Å². The van der Waals surface area contributed by atoms with Gasteiger partial charge in [-0.2, -0.15) is 5.26 Å². The zero-order valence-electron chi connectivity index (χ0n) is 10.5. The van der Waals surface area contributed by atoms with Crippen molar-refractivity contribution in [2.24, 2.45) is 0 Å². The summed E-state index contributed by atoms with van der Waals surface area (Å²) < 4.78 is 26.9. The van der Waals surface area contributed by atoms with Gasteiger partial charge >= 0.3 is 0 Å². The largest absolute Gasteiger partial charge is 0.399 e. The number of benzene rings is 2. The number of nitriles is 1. The Hall–Kier alpha value is -1.94. The molecule has 0 atom stereocenters. The molecule has 108 valence electrons. The molecule has 0 heterocycles. The van der Waals surface area contributed by atoms with Crippen LogP contribution in [0.5, 0.6) is 0 Å². The van der Waals surface area contributed by atoms with E-state index in [0.29, 0.717) is 11.3 Å². The highest BCUT2D eigenvalue weighted by molar-refractivity contribution is 7.92. The maximum absolute atomic E-state index is 12.3. The van der Waals surface area contributed by atoms with Gasteiger partial charge in [-0.1, -0.05) is 23.2 Å². The van der Waals surface area contributed by atoms with Crippen LogP contribution in [-0.4, -0.2) is 8.42 Å². The number of anilines is 2. The third kappa shape index (κ3) is 3.39. The molecule has 0 saturated carbocycles. The molecule has 8 heteroatoms. The summed E-state index contributed by atoms with van der Waals surface area (Å²) in [5, 5.41) is 8.87. The molecule has 21 heavy (non-hydrogen) atoms. The van der Waals surface area contributed by atoms with Crippen LogP contribution in [0, 0.1) is 11.3 Å². The van der Waals surface area contributed by atoms with E-state index in [2.05, 4.69) is 4.72 Å². The molecule has 3 N–H and O–H groups in total. The highest BCUT2D eigenvalue weighted by Crippen LogP contribution is 2.29. The Morgan fingerprint density at radius 2 is 1.81 bits per heavy atom. The molecule has 0 aliphatic carbocycles. The number of nitrogen functional groups attached to an aromatic ring is 1. The van der Waals surface area contributed by atoms with Crippen LogP contribution in [0.4, 0.5) is 11.4 Å². The maximum atomic E-state index is 12.3. The van der Waals surface area contributed by atoms with Crippen molar-refractivity contribution in [3.63, 3.8) is 0 Å². The van der Waals surface area contributed by atoms with Crippen molar-refractivity contribution in [3.05, 3.63) is 52.0 Å². The molecule has 2 rings (SSSR count). The fraction of sp³-hybridized carbons (Fsp3) is 0. The number of nitrogens with two attached hydrogens (primary N) is 1. The molecule has 2 aromatic carbocycles. The SMILES string of the molecule is N#Cc1ccc(NS(=O)(=O)c2ccc(N)cc2Cl)c(Cl)c1. The maximum Gasteiger partial charge on any atom is 0.263 e. The van der Waals surface area contributed by atoms with Crippen LogP contribution in [0.1, 0.15) is 5.56 Å². The van der Waals surface area contributed by atoms with E-state index in [4.69, 9.17) is 34.2 Å². The third-order valence-electron chi connectivity index (χ3n) is 2.59. The molecular weight excluding hydrogens is 333 g/mol. The molecule has 0 radical (unpaired) electrons. The van der Waals surface area contributed by atoms with Gasteiger partial charge < -0.3 is 5.73 Å². The molecule has 2 aromatic rings. The van der Waals surface area contributed by atoms with Gasteiger partial charge in [-0.15, -0.1) is 0 Å².